The van der Waals surface area contributed by atoms with Gasteiger partial charge in [-0.1, -0.05) is 41.4 Å². The summed E-state index contributed by atoms with van der Waals surface area (Å²) in [5, 5.41) is 0.596. The molecule has 0 N–H and O–H groups in total. The Bertz CT molecular complexity index is 1250. The highest BCUT2D eigenvalue weighted by molar-refractivity contribution is 7.92. The number of hydrogen-bond acceptors (Lipinski definition) is 5. The predicted molar refractivity (Wildman–Crippen MR) is 133 cm³/mol. The number of anilines is 1. The van der Waals surface area contributed by atoms with Gasteiger partial charge in [-0.05, 0) is 48.9 Å². The van der Waals surface area contributed by atoms with E-state index >= 15 is 0 Å². The van der Waals surface area contributed by atoms with Gasteiger partial charge >= 0.3 is 0 Å². The first-order chi connectivity index (χ1) is 16.1. The fourth-order valence-electron chi connectivity index (χ4n) is 3.32. The van der Waals surface area contributed by atoms with Crippen LogP contribution in [0.3, 0.4) is 0 Å². The Morgan fingerprint density at radius 3 is 2.18 bits per heavy atom. The number of ether oxygens (including phenoxy) is 2. The first kappa shape index (κ1) is 25.4. The zero-order valence-corrected chi connectivity index (χ0v) is 21.1. The normalized spacial score (nSPS) is 11.1. The number of aryl methyl sites for hydroxylation is 1. The molecule has 3 rings (SSSR count). The van der Waals surface area contributed by atoms with Crippen molar-refractivity contribution in [1.29, 1.82) is 0 Å². The molecule has 9 heteroatoms. The van der Waals surface area contributed by atoms with Gasteiger partial charge in [0.05, 0.1) is 24.8 Å². The molecule has 3 aromatic rings. The van der Waals surface area contributed by atoms with Crippen LogP contribution < -0.4 is 13.8 Å². The average Bonchev–Trinajstić information content (AvgIpc) is 2.83. The molecule has 0 aromatic heterocycles. The van der Waals surface area contributed by atoms with Crippen molar-refractivity contribution in [3.63, 3.8) is 0 Å². The van der Waals surface area contributed by atoms with Gasteiger partial charge in [-0.3, -0.25) is 9.10 Å². The molecule has 0 heterocycles. The Labute approximate surface area is 205 Å². The van der Waals surface area contributed by atoms with Crippen LogP contribution in [0.4, 0.5) is 5.69 Å². The predicted octanol–water partition coefficient (Wildman–Crippen LogP) is 4.52. The number of sulfonamides is 1. The van der Waals surface area contributed by atoms with E-state index in [1.165, 1.54) is 37.3 Å². The Hall–Kier alpha value is -3.23. The number of carbonyl (C=O) groups is 1. The quantitative estimate of drug-likeness (QED) is 0.430. The molecule has 7 nitrogen and oxygen atoms in total. The number of rotatable bonds is 9. The third-order valence-electron chi connectivity index (χ3n) is 5.30. The van der Waals surface area contributed by atoms with Crippen LogP contribution in [0, 0.1) is 6.92 Å². The highest BCUT2D eigenvalue weighted by atomic mass is 35.5. The smallest absolute Gasteiger partial charge is 0.264 e. The number of amides is 1. The van der Waals surface area contributed by atoms with E-state index in [-0.39, 0.29) is 10.6 Å². The van der Waals surface area contributed by atoms with Gasteiger partial charge in [0.2, 0.25) is 5.91 Å². The van der Waals surface area contributed by atoms with Crippen molar-refractivity contribution in [2.45, 2.75) is 18.4 Å². The summed E-state index contributed by atoms with van der Waals surface area (Å²) in [5.74, 6) is 0.335. The molecule has 0 aliphatic heterocycles. The van der Waals surface area contributed by atoms with E-state index < -0.39 is 22.5 Å². The largest absolute Gasteiger partial charge is 0.497 e. The molecule has 180 valence electrons. The lowest BCUT2D eigenvalue weighted by atomic mass is 10.2. The molecule has 0 bridgehead atoms. The monoisotopic (exact) mass is 502 g/mol. The number of methoxy groups -OCH3 is 2. The van der Waals surface area contributed by atoms with E-state index in [1.807, 2.05) is 19.1 Å². The van der Waals surface area contributed by atoms with Crippen LogP contribution in [-0.2, 0) is 21.4 Å². The third kappa shape index (κ3) is 5.81. The maximum atomic E-state index is 13.7. The lowest BCUT2D eigenvalue weighted by molar-refractivity contribution is -0.128. The molecule has 0 aliphatic rings. The second kappa shape index (κ2) is 10.8. The van der Waals surface area contributed by atoms with Crippen LogP contribution >= 0.6 is 11.6 Å². The molecule has 34 heavy (non-hydrogen) atoms. The molecular formula is C25H27ClN2O5S. The van der Waals surface area contributed by atoms with Gasteiger partial charge in [-0.15, -0.1) is 0 Å². The number of benzene rings is 3. The van der Waals surface area contributed by atoms with Crippen molar-refractivity contribution in [3.05, 3.63) is 82.9 Å². The van der Waals surface area contributed by atoms with Crippen molar-refractivity contribution in [2.75, 3.05) is 32.1 Å². The Morgan fingerprint density at radius 1 is 0.941 bits per heavy atom. The highest BCUT2D eigenvalue weighted by Crippen LogP contribution is 2.35. The van der Waals surface area contributed by atoms with E-state index in [0.717, 1.165) is 15.4 Å². The van der Waals surface area contributed by atoms with Crippen molar-refractivity contribution in [1.82, 2.24) is 4.90 Å². The number of hydrogen-bond donors (Lipinski definition) is 0. The minimum atomic E-state index is -4.10. The zero-order valence-electron chi connectivity index (χ0n) is 19.5. The maximum absolute atomic E-state index is 13.7. The number of carbonyl (C=O) groups excluding carboxylic acids is 1. The van der Waals surface area contributed by atoms with Crippen molar-refractivity contribution >= 4 is 33.2 Å². The first-order valence-corrected chi connectivity index (χ1v) is 12.3. The number of likely N-dealkylation sites (N-methyl/N-ethyl adjacent to an activating group) is 1. The number of halogens is 1. The molecule has 0 aliphatic carbocycles. The molecule has 0 spiro atoms. The lowest BCUT2D eigenvalue weighted by Crippen LogP contribution is -2.41. The van der Waals surface area contributed by atoms with E-state index in [1.54, 1.807) is 43.4 Å². The second-order valence-corrected chi connectivity index (χ2v) is 10.0. The van der Waals surface area contributed by atoms with Gasteiger partial charge in [-0.25, -0.2) is 8.42 Å². The summed E-state index contributed by atoms with van der Waals surface area (Å²) in [6.45, 7) is 1.74. The average molecular weight is 503 g/mol. The van der Waals surface area contributed by atoms with Crippen LogP contribution in [0.2, 0.25) is 5.02 Å². The summed E-state index contributed by atoms with van der Waals surface area (Å²) in [6, 6.07) is 18.4. The van der Waals surface area contributed by atoms with Crippen LogP contribution in [0.1, 0.15) is 11.1 Å². The molecule has 0 fully saturated rings. The van der Waals surface area contributed by atoms with Gasteiger partial charge < -0.3 is 14.4 Å². The van der Waals surface area contributed by atoms with Gasteiger partial charge in [0, 0.05) is 24.7 Å². The standard InChI is InChI=1S/C25H27ClN2O5S/c1-18-5-12-22(13-6-18)34(30,31)28(23-15-21(32-3)11-14-24(23)33-4)17-25(29)27(2)16-19-7-9-20(26)10-8-19/h5-15H,16-17H2,1-4H3. The minimum absolute atomic E-state index is 0.0659. The Kier molecular flexibility index (Phi) is 8.06. The van der Waals surface area contributed by atoms with Gasteiger partial charge in [0.15, 0.2) is 0 Å². The molecule has 0 atom stereocenters. The third-order valence-corrected chi connectivity index (χ3v) is 7.33. The summed E-state index contributed by atoms with van der Waals surface area (Å²) >= 11 is 5.94. The maximum Gasteiger partial charge on any atom is 0.264 e. The van der Waals surface area contributed by atoms with E-state index in [9.17, 15) is 13.2 Å². The van der Waals surface area contributed by atoms with Crippen molar-refractivity contribution in [3.8, 4) is 11.5 Å². The summed E-state index contributed by atoms with van der Waals surface area (Å²) in [5.41, 5.74) is 1.99. The fourth-order valence-corrected chi connectivity index (χ4v) is 4.87. The van der Waals surface area contributed by atoms with Crippen LogP contribution in [-0.4, -0.2) is 47.0 Å². The molecular weight excluding hydrogens is 476 g/mol. The van der Waals surface area contributed by atoms with Crippen LogP contribution in [0.15, 0.2) is 71.6 Å². The van der Waals surface area contributed by atoms with Gasteiger partial charge in [0.25, 0.3) is 10.0 Å². The van der Waals surface area contributed by atoms with Crippen LogP contribution in [0.5, 0.6) is 11.5 Å². The fraction of sp³-hybridized carbons (Fsp3) is 0.240. The molecule has 3 aromatic carbocycles. The summed E-state index contributed by atoms with van der Waals surface area (Å²) in [4.78, 5) is 14.7. The molecule has 0 saturated heterocycles. The summed E-state index contributed by atoms with van der Waals surface area (Å²) < 4.78 is 39.2. The molecule has 1 amide bonds. The minimum Gasteiger partial charge on any atom is -0.497 e. The van der Waals surface area contributed by atoms with E-state index in [0.29, 0.717) is 23.1 Å². The Morgan fingerprint density at radius 2 is 1.59 bits per heavy atom. The zero-order chi connectivity index (χ0) is 24.9. The van der Waals surface area contributed by atoms with E-state index in [4.69, 9.17) is 21.1 Å². The molecule has 0 radical (unpaired) electrons. The van der Waals surface area contributed by atoms with Crippen molar-refractivity contribution < 1.29 is 22.7 Å². The van der Waals surface area contributed by atoms with Crippen LogP contribution in [0.25, 0.3) is 0 Å². The number of nitrogens with zero attached hydrogens (tertiary/aromatic N) is 2. The molecule has 0 saturated carbocycles. The second-order valence-electron chi connectivity index (χ2n) is 7.74. The summed E-state index contributed by atoms with van der Waals surface area (Å²) in [7, 11) is 0.441. The van der Waals surface area contributed by atoms with Crippen molar-refractivity contribution in [2.24, 2.45) is 0 Å². The molecule has 0 unspecified atom stereocenters. The summed E-state index contributed by atoms with van der Waals surface area (Å²) in [6.07, 6.45) is 0. The van der Waals surface area contributed by atoms with Gasteiger partial charge in [-0.2, -0.15) is 0 Å². The highest BCUT2D eigenvalue weighted by Gasteiger charge is 2.31. The SMILES string of the molecule is COc1ccc(OC)c(N(CC(=O)N(C)Cc2ccc(Cl)cc2)S(=O)(=O)c2ccc(C)cc2)c1. The Balaban J connectivity index is 2.00. The van der Waals surface area contributed by atoms with E-state index in [2.05, 4.69) is 0 Å². The first-order valence-electron chi connectivity index (χ1n) is 10.5. The topological polar surface area (TPSA) is 76.2 Å². The lowest BCUT2D eigenvalue weighted by Gasteiger charge is -2.28. The van der Waals surface area contributed by atoms with Gasteiger partial charge in [0.1, 0.15) is 18.0 Å².